The third-order valence-corrected chi connectivity index (χ3v) is 5.30. The van der Waals surface area contributed by atoms with E-state index in [0.717, 1.165) is 11.1 Å². The van der Waals surface area contributed by atoms with Crippen molar-refractivity contribution in [3.8, 4) is 11.3 Å². The SMILES string of the molecule is O=C(CNC(=O)C(c1ccccc1)c1ccccc1)N/N=C\c1ccc(-c2cccc([N+](=O)[O-])c2)o1. The maximum atomic E-state index is 13.0. The quantitative estimate of drug-likeness (QED) is 0.209. The van der Waals surface area contributed by atoms with Crippen LogP contribution in [0.3, 0.4) is 0 Å². The molecule has 1 heterocycles. The zero-order valence-electron chi connectivity index (χ0n) is 19.0. The number of nitrogens with one attached hydrogen (secondary N) is 2. The Hall–Kier alpha value is -5.05. The van der Waals surface area contributed by atoms with Crippen LogP contribution in [0.5, 0.6) is 0 Å². The molecule has 0 aliphatic carbocycles. The van der Waals surface area contributed by atoms with Gasteiger partial charge in [-0.3, -0.25) is 19.7 Å². The Morgan fingerprint density at radius 1 is 0.917 bits per heavy atom. The van der Waals surface area contributed by atoms with Crippen molar-refractivity contribution in [1.29, 1.82) is 0 Å². The number of furan rings is 1. The molecule has 1 aromatic heterocycles. The first-order valence-electron chi connectivity index (χ1n) is 11.1. The number of nitro benzene ring substituents is 1. The van der Waals surface area contributed by atoms with E-state index in [9.17, 15) is 19.7 Å². The predicted molar refractivity (Wildman–Crippen MR) is 134 cm³/mol. The number of benzene rings is 3. The van der Waals surface area contributed by atoms with Gasteiger partial charge in [0.25, 0.3) is 11.6 Å². The second-order valence-electron chi connectivity index (χ2n) is 7.77. The lowest BCUT2D eigenvalue weighted by Crippen LogP contribution is -2.37. The summed E-state index contributed by atoms with van der Waals surface area (Å²) in [5.41, 5.74) is 4.48. The van der Waals surface area contributed by atoms with Gasteiger partial charge in [0.05, 0.1) is 23.6 Å². The molecule has 36 heavy (non-hydrogen) atoms. The van der Waals surface area contributed by atoms with Crippen molar-refractivity contribution in [3.05, 3.63) is 124 Å². The molecule has 3 aromatic carbocycles. The lowest BCUT2D eigenvalue weighted by Gasteiger charge is -2.17. The minimum absolute atomic E-state index is 0.0461. The lowest BCUT2D eigenvalue weighted by molar-refractivity contribution is -0.384. The number of nitrogens with zero attached hydrogens (tertiary/aromatic N) is 2. The molecule has 4 aromatic rings. The van der Waals surface area contributed by atoms with Crippen LogP contribution in [0.2, 0.25) is 0 Å². The van der Waals surface area contributed by atoms with E-state index in [2.05, 4.69) is 15.8 Å². The Labute approximate surface area is 206 Å². The standard InChI is InChI=1S/C27H22N4O5/c32-25(18-28-27(33)26(19-8-3-1-4-9-19)20-10-5-2-6-11-20)30-29-17-23-14-15-24(36-23)21-12-7-13-22(16-21)31(34)35/h1-17,26H,18H2,(H,28,33)(H,30,32)/b29-17-. The largest absolute Gasteiger partial charge is 0.455 e. The third kappa shape index (κ3) is 6.09. The number of hydrogen-bond donors (Lipinski definition) is 2. The summed E-state index contributed by atoms with van der Waals surface area (Å²) in [6.07, 6.45) is 1.30. The first kappa shape index (κ1) is 24.1. The molecule has 0 atom stereocenters. The second-order valence-corrected chi connectivity index (χ2v) is 7.77. The summed E-state index contributed by atoms with van der Waals surface area (Å²) in [7, 11) is 0. The lowest BCUT2D eigenvalue weighted by atomic mass is 9.90. The molecule has 2 N–H and O–H groups in total. The number of rotatable bonds is 9. The van der Waals surface area contributed by atoms with E-state index in [1.807, 2.05) is 60.7 Å². The molecule has 9 heteroatoms. The van der Waals surface area contributed by atoms with Crippen LogP contribution >= 0.6 is 0 Å². The molecule has 0 radical (unpaired) electrons. The average molecular weight is 482 g/mol. The maximum Gasteiger partial charge on any atom is 0.270 e. The summed E-state index contributed by atoms with van der Waals surface area (Å²) < 4.78 is 5.62. The van der Waals surface area contributed by atoms with Crippen molar-refractivity contribution in [2.45, 2.75) is 5.92 Å². The normalized spacial score (nSPS) is 10.9. The van der Waals surface area contributed by atoms with Crippen LogP contribution < -0.4 is 10.7 Å². The van der Waals surface area contributed by atoms with Crippen LogP contribution in [0.1, 0.15) is 22.8 Å². The van der Waals surface area contributed by atoms with Gasteiger partial charge in [0.1, 0.15) is 11.5 Å². The summed E-state index contributed by atoms with van der Waals surface area (Å²) in [6, 6.07) is 28.0. The van der Waals surface area contributed by atoms with Crippen LogP contribution in [0, 0.1) is 10.1 Å². The van der Waals surface area contributed by atoms with E-state index in [1.54, 1.807) is 24.3 Å². The summed E-state index contributed by atoms with van der Waals surface area (Å²) in [6.45, 7) is -0.260. The van der Waals surface area contributed by atoms with Crippen molar-refractivity contribution in [2.75, 3.05) is 6.54 Å². The number of carbonyl (C=O) groups is 2. The number of amides is 2. The number of non-ortho nitro benzene ring substituents is 1. The zero-order valence-corrected chi connectivity index (χ0v) is 19.0. The summed E-state index contributed by atoms with van der Waals surface area (Å²) in [5, 5.41) is 17.5. The smallest absolute Gasteiger partial charge is 0.270 e. The van der Waals surface area contributed by atoms with Crippen LogP contribution in [-0.4, -0.2) is 29.5 Å². The van der Waals surface area contributed by atoms with Gasteiger partial charge < -0.3 is 9.73 Å². The molecule has 0 unspecified atom stereocenters. The molecule has 180 valence electrons. The molecule has 0 aliphatic heterocycles. The highest BCUT2D eigenvalue weighted by Gasteiger charge is 2.22. The molecule has 0 spiro atoms. The van der Waals surface area contributed by atoms with Gasteiger partial charge in [-0.1, -0.05) is 72.8 Å². The highest BCUT2D eigenvalue weighted by atomic mass is 16.6. The Kier molecular flexibility index (Phi) is 7.62. The highest BCUT2D eigenvalue weighted by Crippen LogP contribution is 2.26. The maximum absolute atomic E-state index is 13.0. The van der Waals surface area contributed by atoms with Crippen molar-refractivity contribution in [1.82, 2.24) is 10.7 Å². The van der Waals surface area contributed by atoms with Crippen molar-refractivity contribution in [3.63, 3.8) is 0 Å². The second kappa shape index (κ2) is 11.4. The Morgan fingerprint density at radius 2 is 1.58 bits per heavy atom. The number of carbonyl (C=O) groups excluding carboxylic acids is 2. The summed E-state index contributed by atoms with van der Waals surface area (Å²) in [5.74, 6) is -0.608. The fourth-order valence-electron chi connectivity index (χ4n) is 3.61. The fraction of sp³-hybridized carbons (Fsp3) is 0.0741. The molecule has 4 rings (SSSR count). The van der Waals surface area contributed by atoms with Gasteiger partial charge in [-0.25, -0.2) is 5.43 Å². The molecule has 0 fully saturated rings. The number of hydrazone groups is 1. The third-order valence-electron chi connectivity index (χ3n) is 5.30. The summed E-state index contributed by atoms with van der Waals surface area (Å²) in [4.78, 5) is 35.7. The zero-order chi connectivity index (χ0) is 25.3. The Morgan fingerprint density at radius 3 is 2.22 bits per heavy atom. The van der Waals surface area contributed by atoms with E-state index >= 15 is 0 Å². The minimum atomic E-state index is -0.556. The van der Waals surface area contributed by atoms with E-state index in [-0.39, 0.29) is 18.1 Å². The van der Waals surface area contributed by atoms with Crippen molar-refractivity contribution < 1.29 is 18.9 Å². The first-order chi connectivity index (χ1) is 17.5. The average Bonchev–Trinajstić information content (AvgIpc) is 3.38. The van der Waals surface area contributed by atoms with Crippen LogP contribution in [0.4, 0.5) is 5.69 Å². The number of hydrogen-bond acceptors (Lipinski definition) is 6. The minimum Gasteiger partial charge on any atom is -0.455 e. The molecule has 0 bridgehead atoms. The fourth-order valence-corrected chi connectivity index (χ4v) is 3.61. The van der Waals surface area contributed by atoms with Gasteiger partial charge in [0.2, 0.25) is 5.91 Å². The van der Waals surface area contributed by atoms with Crippen molar-refractivity contribution >= 4 is 23.7 Å². The van der Waals surface area contributed by atoms with E-state index in [0.29, 0.717) is 17.1 Å². The van der Waals surface area contributed by atoms with Crippen LogP contribution in [0.25, 0.3) is 11.3 Å². The molecule has 2 amide bonds. The molecule has 0 saturated carbocycles. The molecular formula is C27H22N4O5. The number of nitro groups is 1. The van der Waals surface area contributed by atoms with Crippen LogP contribution in [-0.2, 0) is 9.59 Å². The predicted octanol–water partition coefficient (Wildman–Crippen LogP) is 4.25. The molecule has 0 saturated heterocycles. The van der Waals surface area contributed by atoms with E-state index in [1.165, 1.54) is 18.3 Å². The Balaban J connectivity index is 1.34. The topological polar surface area (TPSA) is 127 Å². The molecule has 0 aliphatic rings. The van der Waals surface area contributed by atoms with Gasteiger partial charge >= 0.3 is 0 Å². The van der Waals surface area contributed by atoms with Crippen LogP contribution in [0.15, 0.2) is 107 Å². The highest BCUT2D eigenvalue weighted by molar-refractivity contribution is 5.91. The van der Waals surface area contributed by atoms with Gasteiger partial charge in [-0.2, -0.15) is 5.10 Å². The molecular weight excluding hydrogens is 460 g/mol. The summed E-state index contributed by atoms with van der Waals surface area (Å²) >= 11 is 0. The van der Waals surface area contributed by atoms with Crippen molar-refractivity contribution in [2.24, 2.45) is 5.10 Å². The molecule has 9 nitrogen and oxygen atoms in total. The van der Waals surface area contributed by atoms with Gasteiger partial charge in [-0.05, 0) is 23.3 Å². The Bertz CT molecular complexity index is 1340. The van der Waals surface area contributed by atoms with E-state index in [4.69, 9.17) is 4.42 Å². The first-order valence-corrected chi connectivity index (χ1v) is 11.1. The van der Waals surface area contributed by atoms with Gasteiger partial charge in [-0.15, -0.1) is 0 Å². The van der Waals surface area contributed by atoms with E-state index < -0.39 is 16.7 Å². The van der Waals surface area contributed by atoms with Gasteiger partial charge in [0, 0.05) is 17.7 Å². The monoisotopic (exact) mass is 482 g/mol. The van der Waals surface area contributed by atoms with Gasteiger partial charge in [0.15, 0.2) is 0 Å².